The standard InChI is InChI=1S/C14H31NO2/c1-3-4-5-6-7-8-9-10-14(15)13-17-12-11-16-2/h14H,3-13,15H2,1-2H3. The van der Waals surface area contributed by atoms with Gasteiger partial charge < -0.3 is 15.2 Å². The fraction of sp³-hybridized carbons (Fsp3) is 1.00. The molecule has 0 amide bonds. The topological polar surface area (TPSA) is 44.5 Å². The van der Waals surface area contributed by atoms with Gasteiger partial charge in [0.2, 0.25) is 0 Å². The summed E-state index contributed by atoms with van der Waals surface area (Å²) in [6.45, 7) is 4.23. The van der Waals surface area contributed by atoms with E-state index in [1.54, 1.807) is 7.11 Å². The molecule has 1 atom stereocenters. The molecular formula is C14H31NO2. The fourth-order valence-electron chi connectivity index (χ4n) is 1.82. The summed E-state index contributed by atoms with van der Waals surface area (Å²) >= 11 is 0. The van der Waals surface area contributed by atoms with Crippen LogP contribution in [0.1, 0.15) is 58.3 Å². The number of unbranched alkanes of at least 4 members (excludes halogenated alkanes) is 6. The molecule has 0 spiro atoms. The van der Waals surface area contributed by atoms with Gasteiger partial charge in [-0.2, -0.15) is 0 Å². The quantitative estimate of drug-likeness (QED) is 0.507. The molecule has 0 aromatic heterocycles. The average molecular weight is 245 g/mol. The summed E-state index contributed by atoms with van der Waals surface area (Å²) < 4.78 is 10.3. The zero-order chi connectivity index (χ0) is 12.8. The number of hydrogen-bond acceptors (Lipinski definition) is 3. The first-order valence-corrected chi connectivity index (χ1v) is 7.13. The highest BCUT2D eigenvalue weighted by Gasteiger charge is 2.02. The second kappa shape index (κ2) is 13.9. The lowest BCUT2D eigenvalue weighted by Crippen LogP contribution is -2.26. The lowest BCUT2D eigenvalue weighted by Gasteiger charge is -2.11. The second-order valence-electron chi connectivity index (χ2n) is 4.74. The van der Waals surface area contributed by atoms with Gasteiger partial charge in [0.15, 0.2) is 0 Å². The highest BCUT2D eigenvalue weighted by Crippen LogP contribution is 2.09. The van der Waals surface area contributed by atoms with Crippen molar-refractivity contribution in [2.75, 3.05) is 26.9 Å². The predicted molar refractivity (Wildman–Crippen MR) is 73.3 cm³/mol. The number of methoxy groups -OCH3 is 1. The maximum absolute atomic E-state index is 5.95. The van der Waals surface area contributed by atoms with Gasteiger partial charge in [-0.15, -0.1) is 0 Å². The third-order valence-electron chi connectivity index (χ3n) is 2.94. The molecule has 0 radical (unpaired) electrons. The highest BCUT2D eigenvalue weighted by atomic mass is 16.5. The van der Waals surface area contributed by atoms with Gasteiger partial charge in [0.1, 0.15) is 0 Å². The minimum atomic E-state index is 0.197. The average Bonchev–Trinajstić information content (AvgIpc) is 2.33. The molecule has 0 heterocycles. The van der Waals surface area contributed by atoms with Crippen LogP contribution < -0.4 is 5.73 Å². The Morgan fingerprint density at radius 2 is 1.59 bits per heavy atom. The lowest BCUT2D eigenvalue weighted by atomic mass is 10.1. The SMILES string of the molecule is CCCCCCCCCC(N)COCCOC. The Labute approximate surface area is 107 Å². The van der Waals surface area contributed by atoms with Gasteiger partial charge in [0.25, 0.3) is 0 Å². The molecule has 3 nitrogen and oxygen atoms in total. The monoisotopic (exact) mass is 245 g/mol. The van der Waals surface area contributed by atoms with E-state index in [1.807, 2.05) is 0 Å². The molecule has 0 fully saturated rings. The van der Waals surface area contributed by atoms with Crippen molar-refractivity contribution in [3.8, 4) is 0 Å². The number of ether oxygens (including phenoxy) is 2. The third-order valence-corrected chi connectivity index (χ3v) is 2.94. The Bertz CT molecular complexity index is 142. The molecule has 2 N–H and O–H groups in total. The van der Waals surface area contributed by atoms with Crippen molar-refractivity contribution in [1.82, 2.24) is 0 Å². The van der Waals surface area contributed by atoms with E-state index in [9.17, 15) is 0 Å². The third kappa shape index (κ3) is 13.8. The maximum atomic E-state index is 5.95. The summed E-state index contributed by atoms with van der Waals surface area (Å²) in [6.07, 6.45) is 10.5. The molecule has 0 saturated heterocycles. The van der Waals surface area contributed by atoms with E-state index in [0.29, 0.717) is 19.8 Å². The van der Waals surface area contributed by atoms with Gasteiger partial charge >= 0.3 is 0 Å². The number of hydrogen-bond donors (Lipinski definition) is 1. The van der Waals surface area contributed by atoms with E-state index in [1.165, 1.54) is 44.9 Å². The van der Waals surface area contributed by atoms with Crippen molar-refractivity contribution >= 4 is 0 Å². The number of rotatable bonds is 13. The summed E-state index contributed by atoms with van der Waals surface area (Å²) in [7, 11) is 1.68. The van der Waals surface area contributed by atoms with Crippen molar-refractivity contribution in [2.24, 2.45) is 5.73 Å². The van der Waals surface area contributed by atoms with Gasteiger partial charge in [-0.25, -0.2) is 0 Å². The first kappa shape index (κ1) is 16.9. The summed E-state index contributed by atoms with van der Waals surface area (Å²) in [5, 5.41) is 0. The van der Waals surface area contributed by atoms with Crippen molar-refractivity contribution in [3.63, 3.8) is 0 Å². The molecule has 104 valence electrons. The van der Waals surface area contributed by atoms with Crippen LogP contribution in [0.4, 0.5) is 0 Å². The fourth-order valence-corrected chi connectivity index (χ4v) is 1.82. The minimum Gasteiger partial charge on any atom is -0.382 e. The largest absolute Gasteiger partial charge is 0.382 e. The van der Waals surface area contributed by atoms with Crippen LogP contribution in [0.15, 0.2) is 0 Å². The molecule has 0 aliphatic carbocycles. The van der Waals surface area contributed by atoms with Crippen LogP contribution in [0, 0.1) is 0 Å². The van der Waals surface area contributed by atoms with Gasteiger partial charge in [0.05, 0.1) is 19.8 Å². The van der Waals surface area contributed by atoms with E-state index >= 15 is 0 Å². The first-order valence-electron chi connectivity index (χ1n) is 7.13. The van der Waals surface area contributed by atoms with Crippen LogP contribution in [-0.4, -0.2) is 33.0 Å². The van der Waals surface area contributed by atoms with Crippen LogP contribution in [0.3, 0.4) is 0 Å². The van der Waals surface area contributed by atoms with Crippen LogP contribution >= 0.6 is 0 Å². The molecule has 1 unspecified atom stereocenters. The summed E-state index contributed by atoms with van der Waals surface area (Å²) in [5.41, 5.74) is 5.95. The van der Waals surface area contributed by atoms with E-state index in [4.69, 9.17) is 15.2 Å². The van der Waals surface area contributed by atoms with Crippen LogP contribution in [0.2, 0.25) is 0 Å². The Morgan fingerprint density at radius 1 is 0.941 bits per heavy atom. The molecule has 0 aliphatic rings. The van der Waals surface area contributed by atoms with E-state index in [-0.39, 0.29) is 6.04 Å². The smallest absolute Gasteiger partial charge is 0.0701 e. The lowest BCUT2D eigenvalue weighted by molar-refractivity contribution is 0.0623. The van der Waals surface area contributed by atoms with E-state index < -0.39 is 0 Å². The van der Waals surface area contributed by atoms with Gasteiger partial charge in [-0.05, 0) is 6.42 Å². The normalized spacial score (nSPS) is 12.9. The molecule has 17 heavy (non-hydrogen) atoms. The molecule has 0 saturated carbocycles. The zero-order valence-electron chi connectivity index (χ0n) is 11.7. The molecule has 0 aliphatic heterocycles. The molecule has 0 aromatic rings. The second-order valence-corrected chi connectivity index (χ2v) is 4.74. The first-order chi connectivity index (χ1) is 8.31. The van der Waals surface area contributed by atoms with Crippen molar-refractivity contribution in [3.05, 3.63) is 0 Å². The zero-order valence-corrected chi connectivity index (χ0v) is 11.7. The van der Waals surface area contributed by atoms with Crippen molar-refractivity contribution in [2.45, 2.75) is 64.3 Å². The van der Waals surface area contributed by atoms with Crippen LogP contribution in [-0.2, 0) is 9.47 Å². The number of nitrogens with two attached hydrogens (primary N) is 1. The van der Waals surface area contributed by atoms with Gasteiger partial charge in [-0.3, -0.25) is 0 Å². The van der Waals surface area contributed by atoms with Gasteiger partial charge in [0, 0.05) is 13.2 Å². The van der Waals surface area contributed by atoms with E-state index in [2.05, 4.69) is 6.92 Å². The molecule has 0 rings (SSSR count). The minimum absolute atomic E-state index is 0.197. The van der Waals surface area contributed by atoms with E-state index in [0.717, 1.165) is 6.42 Å². The Balaban J connectivity index is 3.08. The van der Waals surface area contributed by atoms with Crippen molar-refractivity contribution < 1.29 is 9.47 Å². The van der Waals surface area contributed by atoms with Gasteiger partial charge in [-0.1, -0.05) is 51.9 Å². The highest BCUT2D eigenvalue weighted by molar-refractivity contribution is 4.60. The maximum Gasteiger partial charge on any atom is 0.0701 e. The molecule has 0 bridgehead atoms. The molecule has 0 aromatic carbocycles. The summed E-state index contributed by atoms with van der Waals surface area (Å²) in [4.78, 5) is 0. The Morgan fingerprint density at radius 3 is 2.24 bits per heavy atom. The Kier molecular flexibility index (Phi) is 13.8. The van der Waals surface area contributed by atoms with Crippen LogP contribution in [0.25, 0.3) is 0 Å². The summed E-state index contributed by atoms with van der Waals surface area (Å²) in [6, 6.07) is 0.197. The predicted octanol–water partition coefficient (Wildman–Crippen LogP) is 3.12. The molecular weight excluding hydrogens is 214 g/mol. The summed E-state index contributed by atoms with van der Waals surface area (Å²) in [5.74, 6) is 0. The van der Waals surface area contributed by atoms with Crippen LogP contribution in [0.5, 0.6) is 0 Å². The molecule has 3 heteroatoms. The Hall–Kier alpha value is -0.120. The van der Waals surface area contributed by atoms with Crippen molar-refractivity contribution in [1.29, 1.82) is 0 Å².